The summed E-state index contributed by atoms with van der Waals surface area (Å²) in [7, 11) is 0. The van der Waals surface area contributed by atoms with Crippen LogP contribution < -0.4 is 0 Å². The predicted molar refractivity (Wildman–Crippen MR) is 307 cm³/mol. The Kier molecular flexibility index (Phi) is 55.4. The Balaban J connectivity index is 4.13. The fraction of sp³-hybridized carbons (Fsp3) is 0.677. The van der Waals surface area contributed by atoms with Gasteiger partial charge in [-0.15, -0.1) is 0 Å². The summed E-state index contributed by atoms with van der Waals surface area (Å²) in [4.78, 5) is 37.8. The molecule has 404 valence electrons. The van der Waals surface area contributed by atoms with Crippen LogP contribution in [0.3, 0.4) is 0 Å². The lowest BCUT2D eigenvalue weighted by atomic mass is 10.0. The molecule has 0 rings (SSSR count). The summed E-state index contributed by atoms with van der Waals surface area (Å²) >= 11 is 0. The first kappa shape index (κ1) is 67.1. The van der Waals surface area contributed by atoms with Crippen molar-refractivity contribution in [3.8, 4) is 0 Å². The average molecular weight is 986 g/mol. The van der Waals surface area contributed by atoms with E-state index in [9.17, 15) is 14.4 Å². The SMILES string of the molecule is CC/C=C\C/C=C\C/C=C\C/C=C\C/C=C\C/C=C\CCC(=O)OC(COC(=O)CCCCCCC)COC(=O)CCCCCCCCCCCCCCCC/C=C\C/C=C\C/C=C\CCCCCCC. The van der Waals surface area contributed by atoms with E-state index in [4.69, 9.17) is 14.2 Å². The van der Waals surface area contributed by atoms with Gasteiger partial charge in [0.05, 0.1) is 0 Å². The number of hydrogen-bond donors (Lipinski definition) is 0. The first-order valence-electron chi connectivity index (χ1n) is 29.4. The van der Waals surface area contributed by atoms with Gasteiger partial charge in [-0.25, -0.2) is 0 Å². The van der Waals surface area contributed by atoms with Gasteiger partial charge in [0.2, 0.25) is 0 Å². The largest absolute Gasteiger partial charge is 0.462 e. The number of ether oxygens (including phenoxy) is 3. The molecule has 0 N–H and O–H groups in total. The minimum absolute atomic E-state index is 0.109. The lowest BCUT2D eigenvalue weighted by Crippen LogP contribution is -2.30. The van der Waals surface area contributed by atoms with E-state index in [0.717, 1.165) is 103 Å². The van der Waals surface area contributed by atoms with Crippen LogP contribution in [0.1, 0.15) is 265 Å². The standard InChI is InChI=1S/C65H108O6/c1-4-7-10-13-15-17-19-21-23-25-27-28-29-30-31-32-33-34-35-36-38-39-41-43-45-47-49-52-55-58-64(67)70-61-62(60-69-63(66)57-54-51-12-9-6-3)71-65(68)59-56-53-50-48-46-44-42-40-37-26-24-22-20-18-16-14-11-8-5-2/h8,11,16,18-19,21-22,24-25,27,29-30,37,40,44,46,50,53,62H,4-7,9-10,12-15,17,20,23,26,28,31-36,38-39,41-43,45,47-49,51-52,54-61H2,1-3H3/b11-8-,18-16-,21-19-,24-22-,27-25-,30-29-,40-37-,46-44-,53-50-. The normalized spacial score (nSPS) is 12.9. The first-order valence-corrected chi connectivity index (χ1v) is 29.4. The molecule has 0 heterocycles. The van der Waals surface area contributed by atoms with Crippen LogP contribution in [0.25, 0.3) is 0 Å². The van der Waals surface area contributed by atoms with Gasteiger partial charge in [0, 0.05) is 19.3 Å². The third-order valence-corrected chi connectivity index (χ3v) is 12.3. The van der Waals surface area contributed by atoms with Crippen molar-refractivity contribution in [2.45, 2.75) is 271 Å². The molecule has 0 amide bonds. The Morgan fingerprint density at radius 2 is 0.577 bits per heavy atom. The summed E-state index contributed by atoms with van der Waals surface area (Å²) in [6.07, 6.45) is 80.1. The second-order valence-electron chi connectivity index (χ2n) is 19.2. The molecule has 0 aromatic heterocycles. The van der Waals surface area contributed by atoms with Crippen LogP contribution in [-0.4, -0.2) is 37.2 Å². The molecule has 0 radical (unpaired) electrons. The topological polar surface area (TPSA) is 78.9 Å². The van der Waals surface area contributed by atoms with Crippen molar-refractivity contribution >= 4 is 17.9 Å². The maximum Gasteiger partial charge on any atom is 0.306 e. The molecule has 0 aromatic carbocycles. The van der Waals surface area contributed by atoms with Crippen molar-refractivity contribution in [1.29, 1.82) is 0 Å². The minimum atomic E-state index is -0.816. The van der Waals surface area contributed by atoms with E-state index in [1.54, 1.807) is 0 Å². The van der Waals surface area contributed by atoms with Gasteiger partial charge in [0.15, 0.2) is 6.10 Å². The zero-order chi connectivity index (χ0) is 51.4. The zero-order valence-electron chi connectivity index (χ0n) is 46.2. The number of rotatable bonds is 52. The van der Waals surface area contributed by atoms with Crippen molar-refractivity contribution < 1.29 is 28.6 Å². The first-order chi connectivity index (χ1) is 35.0. The fourth-order valence-electron chi connectivity index (χ4n) is 7.89. The Bertz CT molecular complexity index is 1460. The number of carbonyl (C=O) groups excluding carboxylic acids is 3. The van der Waals surface area contributed by atoms with E-state index >= 15 is 0 Å². The van der Waals surface area contributed by atoms with Crippen LogP contribution in [0.5, 0.6) is 0 Å². The van der Waals surface area contributed by atoms with Crippen LogP contribution in [0.4, 0.5) is 0 Å². The second kappa shape index (κ2) is 58.6. The number of unbranched alkanes of at least 4 members (excludes halogenated alkanes) is 23. The lowest BCUT2D eigenvalue weighted by Gasteiger charge is -2.18. The highest BCUT2D eigenvalue weighted by Crippen LogP contribution is 2.15. The van der Waals surface area contributed by atoms with Gasteiger partial charge in [-0.05, 0) is 96.3 Å². The van der Waals surface area contributed by atoms with Crippen molar-refractivity contribution in [3.05, 3.63) is 109 Å². The van der Waals surface area contributed by atoms with Crippen LogP contribution >= 0.6 is 0 Å². The van der Waals surface area contributed by atoms with Gasteiger partial charge >= 0.3 is 17.9 Å². The molecule has 0 aliphatic heterocycles. The summed E-state index contributed by atoms with van der Waals surface area (Å²) in [5.41, 5.74) is 0. The summed E-state index contributed by atoms with van der Waals surface area (Å²) in [5, 5.41) is 0. The number of hydrogen-bond acceptors (Lipinski definition) is 6. The molecule has 0 aliphatic rings. The maximum absolute atomic E-state index is 12.7. The lowest BCUT2D eigenvalue weighted by molar-refractivity contribution is -0.166. The molecule has 0 saturated carbocycles. The highest BCUT2D eigenvalue weighted by molar-refractivity contribution is 5.71. The van der Waals surface area contributed by atoms with Crippen LogP contribution in [-0.2, 0) is 28.6 Å². The molecule has 0 aromatic rings. The number of esters is 3. The van der Waals surface area contributed by atoms with Crippen LogP contribution in [0.15, 0.2) is 109 Å². The van der Waals surface area contributed by atoms with E-state index < -0.39 is 12.1 Å². The van der Waals surface area contributed by atoms with E-state index in [0.29, 0.717) is 19.3 Å². The molecule has 0 saturated heterocycles. The van der Waals surface area contributed by atoms with Gasteiger partial charge in [-0.2, -0.15) is 0 Å². The van der Waals surface area contributed by atoms with Crippen molar-refractivity contribution in [3.63, 3.8) is 0 Å². The van der Waals surface area contributed by atoms with E-state index in [1.165, 1.54) is 116 Å². The Hall–Kier alpha value is -3.93. The van der Waals surface area contributed by atoms with E-state index in [1.807, 2.05) is 12.2 Å². The summed E-state index contributed by atoms with van der Waals surface area (Å²) in [5.74, 6) is -1.01. The molecular weight excluding hydrogens is 877 g/mol. The fourth-order valence-corrected chi connectivity index (χ4v) is 7.89. The Morgan fingerprint density at radius 1 is 0.296 bits per heavy atom. The van der Waals surface area contributed by atoms with E-state index in [2.05, 4.69) is 118 Å². The molecule has 0 aliphatic carbocycles. The third-order valence-electron chi connectivity index (χ3n) is 12.3. The zero-order valence-corrected chi connectivity index (χ0v) is 46.2. The number of allylic oxidation sites excluding steroid dienone is 18. The molecule has 0 bridgehead atoms. The molecular formula is C65H108O6. The molecule has 6 heteroatoms. The maximum atomic E-state index is 12.7. The highest BCUT2D eigenvalue weighted by atomic mass is 16.6. The number of carbonyl (C=O) groups is 3. The molecule has 6 nitrogen and oxygen atoms in total. The van der Waals surface area contributed by atoms with Gasteiger partial charge in [0.25, 0.3) is 0 Å². The molecule has 0 fully saturated rings. The van der Waals surface area contributed by atoms with Crippen molar-refractivity contribution in [2.75, 3.05) is 13.2 Å². The Labute approximate surface area is 438 Å². The minimum Gasteiger partial charge on any atom is -0.462 e. The molecule has 1 atom stereocenters. The highest BCUT2D eigenvalue weighted by Gasteiger charge is 2.19. The van der Waals surface area contributed by atoms with Gasteiger partial charge in [-0.3, -0.25) is 14.4 Å². The van der Waals surface area contributed by atoms with Crippen LogP contribution in [0, 0.1) is 0 Å². The molecule has 71 heavy (non-hydrogen) atoms. The van der Waals surface area contributed by atoms with Crippen molar-refractivity contribution in [1.82, 2.24) is 0 Å². The molecule has 1 unspecified atom stereocenters. The summed E-state index contributed by atoms with van der Waals surface area (Å²) in [6.45, 7) is 6.36. The van der Waals surface area contributed by atoms with Crippen molar-refractivity contribution in [2.24, 2.45) is 0 Å². The monoisotopic (exact) mass is 985 g/mol. The quantitative estimate of drug-likeness (QED) is 0.0261. The summed E-state index contributed by atoms with van der Waals surface area (Å²) in [6, 6.07) is 0. The second-order valence-corrected chi connectivity index (χ2v) is 19.2. The average Bonchev–Trinajstić information content (AvgIpc) is 3.37. The Morgan fingerprint density at radius 3 is 0.915 bits per heavy atom. The predicted octanol–water partition coefficient (Wildman–Crippen LogP) is 19.9. The van der Waals surface area contributed by atoms with Gasteiger partial charge < -0.3 is 14.2 Å². The van der Waals surface area contributed by atoms with Gasteiger partial charge in [0.1, 0.15) is 13.2 Å². The van der Waals surface area contributed by atoms with E-state index in [-0.39, 0.29) is 31.6 Å². The molecule has 0 spiro atoms. The smallest absolute Gasteiger partial charge is 0.306 e. The van der Waals surface area contributed by atoms with Crippen LogP contribution in [0.2, 0.25) is 0 Å². The summed E-state index contributed by atoms with van der Waals surface area (Å²) < 4.78 is 16.6. The van der Waals surface area contributed by atoms with Gasteiger partial charge in [-0.1, -0.05) is 259 Å². The third kappa shape index (κ3) is 56.9.